The Morgan fingerprint density at radius 1 is 0.909 bits per heavy atom. The normalized spacial score (nSPS) is 13.9. The van der Waals surface area contributed by atoms with Crippen molar-refractivity contribution in [2.24, 2.45) is 0 Å². The zero-order valence-corrected chi connectivity index (χ0v) is 18.7. The number of benzene rings is 2. The lowest BCUT2D eigenvalue weighted by Crippen LogP contribution is -2.50. The summed E-state index contributed by atoms with van der Waals surface area (Å²) in [4.78, 5) is 44.8. The molecule has 5 rings (SSSR count). The molecule has 0 atom stereocenters. The van der Waals surface area contributed by atoms with Gasteiger partial charge >= 0.3 is 0 Å². The van der Waals surface area contributed by atoms with Crippen LogP contribution in [0.1, 0.15) is 26.4 Å². The summed E-state index contributed by atoms with van der Waals surface area (Å²) >= 11 is 1.63. The standard InChI is InChI=1S/C24H22N6O2S/c31-22(29-11-13-30(14-12-29)23(32)21-15-25-9-10-26-21)18-7-5-17(6-8-18)16-33-24-27-19-3-1-2-4-20(19)28-24/h1-10,15H,11-14,16H2,(H,27,28). The van der Waals surface area contributed by atoms with Crippen molar-refractivity contribution in [3.63, 3.8) is 0 Å². The number of amides is 2. The molecule has 2 aromatic heterocycles. The van der Waals surface area contributed by atoms with Gasteiger partial charge in [-0.05, 0) is 29.8 Å². The van der Waals surface area contributed by atoms with E-state index in [-0.39, 0.29) is 11.8 Å². The van der Waals surface area contributed by atoms with Crippen LogP contribution in [0, 0.1) is 0 Å². The molecule has 2 amide bonds. The minimum Gasteiger partial charge on any atom is -0.335 e. The van der Waals surface area contributed by atoms with Crippen LogP contribution in [0.5, 0.6) is 0 Å². The van der Waals surface area contributed by atoms with Crippen LogP contribution in [0.3, 0.4) is 0 Å². The molecule has 1 saturated heterocycles. The summed E-state index contributed by atoms with van der Waals surface area (Å²) in [5.41, 5.74) is 4.09. The quantitative estimate of drug-likeness (QED) is 0.462. The lowest BCUT2D eigenvalue weighted by Gasteiger charge is -2.34. The topological polar surface area (TPSA) is 95.1 Å². The molecule has 2 aromatic carbocycles. The Hall–Kier alpha value is -3.72. The van der Waals surface area contributed by atoms with Crippen LogP contribution < -0.4 is 0 Å². The van der Waals surface area contributed by atoms with Gasteiger partial charge in [-0.25, -0.2) is 9.97 Å². The van der Waals surface area contributed by atoms with Gasteiger partial charge in [-0.2, -0.15) is 0 Å². The fourth-order valence-electron chi connectivity index (χ4n) is 3.76. The number of carbonyl (C=O) groups excluding carboxylic acids is 2. The second-order valence-corrected chi connectivity index (χ2v) is 8.68. The molecule has 33 heavy (non-hydrogen) atoms. The Balaban J connectivity index is 1.15. The maximum Gasteiger partial charge on any atom is 0.274 e. The van der Waals surface area contributed by atoms with E-state index in [1.807, 2.05) is 48.5 Å². The number of rotatable bonds is 5. The molecule has 0 bridgehead atoms. The number of H-pyrrole nitrogens is 1. The van der Waals surface area contributed by atoms with E-state index in [2.05, 4.69) is 19.9 Å². The van der Waals surface area contributed by atoms with Crippen LogP contribution in [-0.2, 0) is 5.75 Å². The van der Waals surface area contributed by atoms with Crippen molar-refractivity contribution in [3.8, 4) is 0 Å². The highest BCUT2D eigenvalue weighted by Gasteiger charge is 2.26. The molecule has 0 spiro atoms. The van der Waals surface area contributed by atoms with E-state index >= 15 is 0 Å². The van der Waals surface area contributed by atoms with E-state index in [9.17, 15) is 9.59 Å². The Morgan fingerprint density at radius 2 is 1.64 bits per heavy atom. The van der Waals surface area contributed by atoms with Gasteiger partial charge in [0.15, 0.2) is 5.16 Å². The van der Waals surface area contributed by atoms with E-state index < -0.39 is 0 Å². The van der Waals surface area contributed by atoms with Crippen LogP contribution in [0.15, 0.2) is 72.3 Å². The molecule has 0 saturated carbocycles. The number of hydrogen-bond acceptors (Lipinski definition) is 6. The molecule has 0 radical (unpaired) electrons. The molecule has 1 N–H and O–H groups in total. The van der Waals surface area contributed by atoms with E-state index in [1.54, 1.807) is 21.6 Å². The molecule has 166 valence electrons. The third-order valence-corrected chi connectivity index (χ3v) is 6.52. The fourth-order valence-corrected chi connectivity index (χ4v) is 4.60. The Morgan fingerprint density at radius 3 is 2.33 bits per heavy atom. The van der Waals surface area contributed by atoms with E-state index in [0.29, 0.717) is 37.4 Å². The Bertz CT molecular complexity index is 1230. The average molecular weight is 459 g/mol. The highest BCUT2D eigenvalue weighted by molar-refractivity contribution is 7.98. The third kappa shape index (κ3) is 4.73. The largest absolute Gasteiger partial charge is 0.335 e. The zero-order valence-electron chi connectivity index (χ0n) is 17.8. The summed E-state index contributed by atoms with van der Waals surface area (Å²) in [6.45, 7) is 1.95. The lowest BCUT2D eigenvalue weighted by molar-refractivity contribution is 0.0532. The van der Waals surface area contributed by atoms with Crippen molar-refractivity contribution < 1.29 is 9.59 Å². The molecule has 3 heterocycles. The Labute approximate surface area is 195 Å². The predicted octanol–water partition coefficient (Wildman–Crippen LogP) is 3.24. The van der Waals surface area contributed by atoms with Gasteiger partial charge in [-0.1, -0.05) is 36.0 Å². The van der Waals surface area contributed by atoms with Gasteiger partial charge in [-0.15, -0.1) is 0 Å². The number of para-hydroxylation sites is 2. The van der Waals surface area contributed by atoms with Crippen molar-refractivity contribution in [1.29, 1.82) is 0 Å². The molecule has 1 fully saturated rings. The SMILES string of the molecule is O=C(c1ccc(CSc2nc3ccccc3[nH]2)cc1)N1CCN(C(=O)c2cnccn2)CC1. The molecular formula is C24H22N6O2S. The number of thioether (sulfide) groups is 1. The van der Waals surface area contributed by atoms with Gasteiger partial charge in [-0.3, -0.25) is 14.6 Å². The second-order valence-electron chi connectivity index (χ2n) is 7.72. The first-order chi connectivity index (χ1) is 16.2. The van der Waals surface area contributed by atoms with Crippen molar-refractivity contribution >= 4 is 34.6 Å². The maximum absolute atomic E-state index is 12.9. The number of nitrogens with zero attached hydrogens (tertiary/aromatic N) is 5. The van der Waals surface area contributed by atoms with Crippen LogP contribution in [0.25, 0.3) is 11.0 Å². The van der Waals surface area contributed by atoms with E-state index in [1.165, 1.54) is 18.6 Å². The molecular weight excluding hydrogens is 436 g/mol. The van der Waals surface area contributed by atoms with Crippen LogP contribution in [-0.4, -0.2) is 67.7 Å². The molecule has 0 unspecified atom stereocenters. The van der Waals surface area contributed by atoms with Crippen molar-refractivity contribution in [3.05, 3.63) is 83.9 Å². The number of imidazole rings is 1. The first-order valence-electron chi connectivity index (χ1n) is 10.7. The summed E-state index contributed by atoms with van der Waals surface area (Å²) in [6, 6.07) is 15.7. The van der Waals surface area contributed by atoms with E-state index in [0.717, 1.165) is 27.5 Å². The highest BCUT2D eigenvalue weighted by atomic mass is 32.2. The summed E-state index contributed by atoms with van der Waals surface area (Å²) in [7, 11) is 0. The number of aromatic amines is 1. The molecule has 1 aliphatic rings. The first kappa shape index (κ1) is 21.1. The zero-order chi connectivity index (χ0) is 22.6. The first-order valence-corrected chi connectivity index (χ1v) is 11.7. The fraction of sp³-hybridized carbons (Fsp3) is 0.208. The third-order valence-electron chi connectivity index (χ3n) is 5.58. The average Bonchev–Trinajstić information content (AvgIpc) is 3.31. The molecule has 0 aliphatic carbocycles. The van der Waals surface area contributed by atoms with Crippen molar-refractivity contribution in [2.45, 2.75) is 10.9 Å². The van der Waals surface area contributed by atoms with E-state index in [4.69, 9.17) is 0 Å². The van der Waals surface area contributed by atoms with Gasteiger partial charge in [0, 0.05) is 49.9 Å². The molecule has 8 nitrogen and oxygen atoms in total. The molecule has 1 aliphatic heterocycles. The van der Waals surface area contributed by atoms with Crippen molar-refractivity contribution in [2.75, 3.05) is 26.2 Å². The number of carbonyl (C=O) groups is 2. The Kier molecular flexibility index (Phi) is 6.03. The number of aromatic nitrogens is 4. The van der Waals surface area contributed by atoms with Crippen LogP contribution in [0.4, 0.5) is 0 Å². The number of nitrogens with one attached hydrogen (secondary N) is 1. The predicted molar refractivity (Wildman–Crippen MR) is 126 cm³/mol. The summed E-state index contributed by atoms with van der Waals surface area (Å²) < 4.78 is 0. The highest BCUT2D eigenvalue weighted by Crippen LogP contribution is 2.23. The number of hydrogen-bond donors (Lipinski definition) is 1. The minimum atomic E-state index is -0.151. The van der Waals surface area contributed by atoms with Crippen LogP contribution >= 0.6 is 11.8 Å². The second kappa shape index (κ2) is 9.41. The summed E-state index contributed by atoms with van der Waals surface area (Å²) in [6.07, 6.45) is 4.51. The number of fused-ring (bicyclic) bond motifs is 1. The van der Waals surface area contributed by atoms with Crippen LogP contribution in [0.2, 0.25) is 0 Å². The monoisotopic (exact) mass is 458 g/mol. The van der Waals surface area contributed by atoms with Crippen molar-refractivity contribution in [1.82, 2.24) is 29.7 Å². The van der Waals surface area contributed by atoms with Gasteiger partial charge in [0.1, 0.15) is 5.69 Å². The maximum atomic E-state index is 12.9. The molecule has 4 aromatic rings. The minimum absolute atomic E-state index is 0.0157. The van der Waals surface area contributed by atoms with Gasteiger partial charge in [0.25, 0.3) is 11.8 Å². The summed E-state index contributed by atoms with van der Waals surface area (Å²) in [5, 5.41) is 0.880. The van der Waals surface area contributed by atoms with Gasteiger partial charge in [0.2, 0.25) is 0 Å². The van der Waals surface area contributed by atoms with Gasteiger partial charge in [0.05, 0.1) is 17.2 Å². The lowest BCUT2D eigenvalue weighted by atomic mass is 10.1. The number of piperazine rings is 1. The van der Waals surface area contributed by atoms with Gasteiger partial charge < -0.3 is 14.8 Å². The smallest absolute Gasteiger partial charge is 0.274 e. The summed E-state index contributed by atoms with van der Waals surface area (Å²) in [5.74, 6) is 0.594. The molecule has 9 heteroatoms.